The maximum Gasteiger partial charge on any atom is 0.255 e. The molecule has 0 heterocycles. The topological polar surface area (TPSA) is 139 Å². The van der Waals surface area contributed by atoms with Crippen molar-refractivity contribution in [3.63, 3.8) is 0 Å². The standard InChI is InChI=1S/C25H27N3O5S/c1-15(2)23(34(32,33)20-6-4-5-16(3)13-20)25(31)27-19-11-12-21(22(29)14-19)28-24(30)17-7-9-18(26)10-8-17/h4-15,23,29H,26H2,1-3H3,(H,27,31)(H,28,30). The van der Waals surface area contributed by atoms with Gasteiger partial charge in [-0.15, -0.1) is 0 Å². The van der Waals surface area contributed by atoms with Gasteiger partial charge < -0.3 is 21.5 Å². The van der Waals surface area contributed by atoms with Gasteiger partial charge in [-0.05, 0) is 66.9 Å². The number of sulfone groups is 1. The quantitative estimate of drug-likeness (QED) is 0.297. The molecule has 0 aliphatic carbocycles. The van der Waals surface area contributed by atoms with Gasteiger partial charge in [0.25, 0.3) is 5.91 Å². The third-order valence-electron chi connectivity index (χ3n) is 5.20. The Morgan fingerprint density at radius 1 is 0.941 bits per heavy atom. The van der Waals surface area contributed by atoms with Crippen molar-refractivity contribution in [2.45, 2.75) is 30.9 Å². The monoisotopic (exact) mass is 481 g/mol. The summed E-state index contributed by atoms with van der Waals surface area (Å²) < 4.78 is 26.4. The van der Waals surface area contributed by atoms with Gasteiger partial charge >= 0.3 is 0 Å². The summed E-state index contributed by atoms with van der Waals surface area (Å²) in [6, 6.07) is 16.8. The van der Waals surface area contributed by atoms with Crippen LogP contribution in [0.5, 0.6) is 5.75 Å². The molecule has 0 fully saturated rings. The summed E-state index contributed by atoms with van der Waals surface area (Å²) in [5, 5.41) is 14.2. The second-order valence-electron chi connectivity index (χ2n) is 8.32. The summed E-state index contributed by atoms with van der Waals surface area (Å²) >= 11 is 0. The minimum atomic E-state index is -3.95. The third-order valence-corrected chi connectivity index (χ3v) is 7.54. The minimum Gasteiger partial charge on any atom is -0.506 e. The van der Waals surface area contributed by atoms with Crippen LogP contribution in [0.4, 0.5) is 17.1 Å². The number of nitrogen functional groups attached to an aromatic ring is 1. The van der Waals surface area contributed by atoms with Crippen LogP contribution in [0.25, 0.3) is 0 Å². The van der Waals surface area contributed by atoms with E-state index >= 15 is 0 Å². The molecule has 1 unspecified atom stereocenters. The molecule has 0 aromatic heterocycles. The van der Waals surface area contributed by atoms with Crippen molar-refractivity contribution < 1.29 is 23.1 Å². The number of aryl methyl sites for hydroxylation is 1. The number of carbonyl (C=O) groups is 2. The molecule has 5 N–H and O–H groups in total. The van der Waals surface area contributed by atoms with E-state index < -0.39 is 32.8 Å². The van der Waals surface area contributed by atoms with Gasteiger partial charge in [0.2, 0.25) is 5.91 Å². The maximum absolute atomic E-state index is 13.2. The van der Waals surface area contributed by atoms with Gasteiger partial charge in [0.15, 0.2) is 9.84 Å². The molecule has 0 aliphatic rings. The van der Waals surface area contributed by atoms with Gasteiger partial charge in [-0.3, -0.25) is 9.59 Å². The van der Waals surface area contributed by atoms with Crippen LogP contribution in [-0.4, -0.2) is 30.6 Å². The molecule has 3 aromatic carbocycles. The lowest BCUT2D eigenvalue weighted by molar-refractivity contribution is -0.116. The van der Waals surface area contributed by atoms with Gasteiger partial charge in [-0.2, -0.15) is 0 Å². The first kappa shape index (κ1) is 24.8. The molecule has 0 radical (unpaired) electrons. The number of benzene rings is 3. The molecule has 2 amide bonds. The molecule has 178 valence electrons. The number of rotatable bonds is 7. The van der Waals surface area contributed by atoms with Crippen LogP contribution in [0.3, 0.4) is 0 Å². The molecule has 0 saturated carbocycles. The maximum atomic E-state index is 13.2. The number of phenolic OH excluding ortho intramolecular Hbond substituents is 1. The van der Waals surface area contributed by atoms with Gasteiger partial charge in [-0.1, -0.05) is 26.0 Å². The molecule has 8 nitrogen and oxygen atoms in total. The number of nitrogens with one attached hydrogen (secondary N) is 2. The van der Waals surface area contributed by atoms with Crippen LogP contribution < -0.4 is 16.4 Å². The van der Waals surface area contributed by atoms with E-state index in [1.165, 1.54) is 30.3 Å². The SMILES string of the molecule is Cc1cccc(S(=O)(=O)C(C(=O)Nc2ccc(NC(=O)c3ccc(N)cc3)c(O)c2)C(C)C)c1. The molecule has 0 aliphatic heterocycles. The lowest BCUT2D eigenvalue weighted by Crippen LogP contribution is -2.39. The number of anilines is 3. The molecule has 1 atom stereocenters. The Balaban J connectivity index is 1.78. The van der Waals surface area contributed by atoms with Crippen LogP contribution in [0, 0.1) is 12.8 Å². The van der Waals surface area contributed by atoms with Gasteiger partial charge in [0.05, 0.1) is 10.6 Å². The predicted octanol–water partition coefficient (Wildman–Crippen LogP) is 3.97. The predicted molar refractivity (Wildman–Crippen MR) is 133 cm³/mol. The number of hydrogen-bond acceptors (Lipinski definition) is 6. The Bertz CT molecular complexity index is 1320. The highest BCUT2D eigenvalue weighted by Gasteiger charge is 2.36. The fourth-order valence-corrected chi connectivity index (χ4v) is 5.47. The first-order chi connectivity index (χ1) is 16.0. The van der Waals surface area contributed by atoms with Crippen LogP contribution >= 0.6 is 0 Å². The fraction of sp³-hybridized carbons (Fsp3) is 0.200. The third kappa shape index (κ3) is 5.55. The average Bonchev–Trinajstić information content (AvgIpc) is 2.75. The molecule has 3 rings (SSSR count). The van der Waals surface area contributed by atoms with E-state index in [0.717, 1.165) is 5.56 Å². The second-order valence-corrected chi connectivity index (χ2v) is 10.4. The summed E-state index contributed by atoms with van der Waals surface area (Å²) in [7, 11) is -3.95. The summed E-state index contributed by atoms with van der Waals surface area (Å²) in [6.45, 7) is 5.09. The van der Waals surface area contributed by atoms with E-state index in [4.69, 9.17) is 5.73 Å². The van der Waals surface area contributed by atoms with E-state index in [1.54, 1.807) is 57.2 Å². The summed E-state index contributed by atoms with van der Waals surface area (Å²) in [6.07, 6.45) is 0. The highest BCUT2D eigenvalue weighted by molar-refractivity contribution is 7.92. The number of carbonyl (C=O) groups excluding carboxylic acids is 2. The number of hydrogen-bond donors (Lipinski definition) is 4. The highest BCUT2D eigenvalue weighted by Crippen LogP contribution is 2.29. The Morgan fingerprint density at radius 3 is 2.21 bits per heavy atom. The zero-order chi connectivity index (χ0) is 25.0. The summed E-state index contributed by atoms with van der Waals surface area (Å²) in [4.78, 5) is 25.4. The first-order valence-corrected chi connectivity index (χ1v) is 12.1. The second kappa shape index (κ2) is 9.96. The van der Waals surface area contributed by atoms with E-state index in [9.17, 15) is 23.1 Å². The number of amides is 2. The zero-order valence-corrected chi connectivity index (χ0v) is 19.9. The Kier molecular flexibility index (Phi) is 7.26. The molecule has 3 aromatic rings. The van der Waals surface area contributed by atoms with Crippen LogP contribution in [-0.2, 0) is 14.6 Å². The number of aromatic hydroxyl groups is 1. The van der Waals surface area contributed by atoms with Crippen LogP contribution in [0.2, 0.25) is 0 Å². The Morgan fingerprint density at radius 2 is 1.62 bits per heavy atom. The van der Waals surface area contributed by atoms with Crippen LogP contribution in [0.1, 0.15) is 29.8 Å². The lowest BCUT2D eigenvalue weighted by atomic mass is 10.1. The molecule has 34 heavy (non-hydrogen) atoms. The van der Waals surface area contributed by atoms with Gasteiger partial charge in [0, 0.05) is 23.0 Å². The number of nitrogens with two attached hydrogens (primary N) is 1. The molecule has 0 saturated heterocycles. The van der Waals surface area contributed by atoms with Crippen molar-refractivity contribution in [2.75, 3.05) is 16.4 Å². The fourth-order valence-electron chi connectivity index (χ4n) is 3.50. The average molecular weight is 482 g/mol. The van der Waals surface area contributed by atoms with Crippen molar-refractivity contribution >= 4 is 38.7 Å². The largest absolute Gasteiger partial charge is 0.506 e. The van der Waals surface area contributed by atoms with E-state index in [2.05, 4.69) is 10.6 Å². The van der Waals surface area contributed by atoms with Gasteiger partial charge in [-0.25, -0.2) is 8.42 Å². The van der Waals surface area contributed by atoms with E-state index in [1.807, 2.05) is 0 Å². The molecular formula is C25H27N3O5S. The normalized spacial score (nSPS) is 12.2. The van der Waals surface area contributed by atoms with Crippen molar-refractivity contribution in [1.29, 1.82) is 0 Å². The number of phenols is 1. The van der Waals surface area contributed by atoms with E-state index in [0.29, 0.717) is 11.3 Å². The van der Waals surface area contributed by atoms with Crippen molar-refractivity contribution in [3.8, 4) is 5.75 Å². The zero-order valence-electron chi connectivity index (χ0n) is 19.1. The van der Waals surface area contributed by atoms with Crippen molar-refractivity contribution in [2.24, 2.45) is 5.92 Å². The highest BCUT2D eigenvalue weighted by atomic mass is 32.2. The summed E-state index contributed by atoms with van der Waals surface area (Å²) in [5.41, 5.74) is 7.59. The van der Waals surface area contributed by atoms with Crippen molar-refractivity contribution in [1.82, 2.24) is 0 Å². The van der Waals surface area contributed by atoms with Crippen molar-refractivity contribution in [3.05, 3.63) is 77.9 Å². The Hall–Kier alpha value is -3.85. The lowest BCUT2D eigenvalue weighted by Gasteiger charge is -2.21. The summed E-state index contributed by atoms with van der Waals surface area (Å²) in [5.74, 6) is -1.95. The minimum absolute atomic E-state index is 0.0740. The first-order valence-electron chi connectivity index (χ1n) is 10.6. The molecular weight excluding hydrogens is 454 g/mol. The van der Waals surface area contributed by atoms with E-state index in [-0.39, 0.29) is 22.0 Å². The van der Waals surface area contributed by atoms with Crippen LogP contribution in [0.15, 0.2) is 71.6 Å². The molecule has 0 spiro atoms. The smallest absolute Gasteiger partial charge is 0.255 e. The Labute approximate surface area is 198 Å². The van der Waals surface area contributed by atoms with Gasteiger partial charge in [0.1, 0.15) is 11.0 Å². The molecule has 9 heteroatoms. The molecule has 0 bridgehead atoms.